The van der Waals surface area contributed by atoms with Gasteiger partial charge in [0, 0.05) is 26.3 Å². The van der Waals surface area contributed by atoms with Crippen molar-refractivity contribution in [3.05, 3.63) is 0 Å². The minimum absolute atomic E-state index is 0.00144. The van der Waals surface area contributed by atoms with Gasteiger partial charge in [-0.25, -0.2) is 0 Å². The molecule has 1 amide bonds. The molecule has 0 aliphatic carbocycles. The number of carbonyl (C=O) groups is 1. The molecule has 120 valence electrons. The lowest BCUT2D eigenvalue weighted by atomic mass is 10.0. The van der Waals surface area contributed by atoms with Crippen LogP contribution in [0.3, 0.4) is 0 Å². The van der Waals surface area contributed by atoms with Crippen molar-refractivity contribution in [2.75, 3.05) is 32.8 Å². The van der Waals surface area contributed by atoms with E-state index < -0.39 is 0 Å². The van der Waals surface area contributed by atoms with Crippen LogP contribution in [0.4, 0.5) is 0 Å². The Hall–Kier alpha value is -0.650. The summed E-state index contributed by atoms with van der Waals surface area (Å²) < 4.78 is 11.5. The molecule has 0 saturated carbocycles. The molecule has 3 heterocycles. The molecular weight excluding hydrogens is 268 g/mol. The number of nitrogens with one attached hydrogen (secondary N) is 1. The summed E-state index contributed by atoms with van der Waals surface area (Å²) in [6.07, 6.45) is 8.13. The summed E-state index contributed by atoms with van der Waals surface area (Å²) in [6.45, 7) is 4.11. The van der Waals surface area contributed by atoms with Crippen molar-refractivity contribution in [1.82, 2.24) is 10.2 Å². The molecule has 3 atom stereocenters. The van der Waals surface area contributed by atoms with Crippen LogP contribution < -0.4 is 5.32 Å². The van der Waals surface area contributed by atoms with Gasteiger partial charge in [0.15, 0.2) is 0 Å². The SMILES string of the molecule is O=C([C@@H]1CCCCN1)N(CC1CCCO1)CC1CCCO1. The molecule has 21 heavy (non-hydrogen) atoms. The van der Waals surface area contributed by atoms with Crippen molar-refractivity contribution < 1.29 is 14.3 Å². The van der Waals surface area contributed by atoms with Crippen LogP contribution in [0.1, 0.15) is 44.9 Å². The Morgan fingerprint density at radius 3 is 2.10 bits per heavy atom. The standard InChI is InChI=1S/C16H28N2O3/c19-16(15-7-1-2-8-17-15)18(11-13-5-3-9-20-13)12-14-6-4-10-21-14/h13-15,17H,1-12H2/t13?,14?,15-/m0/s1. The van der Waals surface area contributed by atoms with E-state index in [9.17, 15) is 4.79 Å². The van der Waals surface area contributed by atoms with Crippen molar-refractivity contribution >= 4 is 5.91 Å². The van der Waals surface area contributed by atoms with E-state index in [4.69, 9.17) is 9.47 Å². The number of carbonyl (C=O) groups excluding carboxylic acids is 1. The van der Waals surface area contributed by atoms with Crippen molar-refractivity contribution in [3.8, 4) is 0 Å². The van der Waals surface area contributed by atoms with Crippen LogP contribution in [0.2, 0.25) is 0 Å². The summed E-state index contributed by atoms with van der Waals surface area (Å²) in [5, 5.41) is 3.38. The first kappa shape index (κ1) is 15.3. The van der Waals surface area contributed by atoms with Crippen molar-refractivity contribution in [2.45, 2.75) is 63.2 Å². The summed E-state index contributed by atoms with van der Waals surface area (Å²) >= 11 is 0. The van der Waals surface area contributed by atoms with Gasteiger partial charge in [-0.05, 0) is 45.1 Å². The quantitative estimate of drug-likeness (QED) is 0.831. The Morgan fingerprint density at radius 2 is 1.62 bits per heavy atom. The predicted molar refractivity (Wildman–Crippen MR) is 80.2 cm³/mol. The van der Waals surface area contributed by atoms with Crippen LogP contribution in [0.25, 0.3) is 0 Å². The van der Waals surface area contributed by atoms with Crippen molar-refractivity contribution in [1.29, 1.82) is 0 Å². The van der Waals surface area contributed by atoms with E-state index in [0.717, 1.165) is 71.4 Å². The maximum Gasteiger partial charge on any atom is 0.239 e. The Bertz CT molecular complexity index is 314. The van der Waals surface area contributed by atoms with Gasteiger partial charge in [-0.1, -0.05) is 6.42 Å². The number of hydrogen-bond donors (Lipinski definition) is 1. The highest BCUT2D eigenvalue weighted by Crippen LogP contribution is 2.19. The van der Waals surface area contributed by atoms with Gasteiger partial charge in [-0.2, -0.15) is 0 Å². The molecule has 0 aromatic heterocycles. The zero-order valence-electron chi connectivity index (χ0n) is 12.9. The van der Waals surface area contributed by atoms with Gasteiger partial charge in [-0.15, -0.1) is 0 Å². The van der Waals surface area contributed by atoms with Gasteiger partial charge in [0.25, 0.3) is 0 Å². The van der Waals surface area contributed by atoms with Crippen LogP contribution in [-0.4, -0.2) is 61.9 Å². The lowest BCUT2D eigenvalue weighted by Crippen LogP contribution is -2.52. The predicted octanol–water partition coefficient (Wildman–Crippen LogP) is 1.32. The lowest BCUT2D eigenvalue weighted by molar-refractivity contribution is -0.137. The molecule has 5 nitrogen and oxygen atoms in total. The van der Waals surface area contributed by atoms with Gasteiger partial charge in [0.1, 0.15) is 0 Å². The highest BCUT2D eigenvalue weighted by molar-refractivity contribution is 5.82. The first-order valence-corrected chi connectivity index (χ1v) is 8.58. The summed E-state index contributed by atoms with van der Waals surface area (Å²) in [6, 6.07) is 0.00144. The Balaban J connectivity index is 1.59. The van der Waals surface area contributed by atoms with Gasteiger partial charge < -0.3 is 19.7 Å². The van der Waals surface area contributed by atoms with Crippen LogP contribution in [0, 0.1) is 0 Å². The molecule has 0 radical (unpaired) electrons. The molecule has 3 saturated heterocycles. The molecular formula is C16H28N2O3. The highest BCUT2D eigenvalue weighted by atomic mass is 16.5. The first-order valence-electron chi connectivity index (χ1n) is 8.58. The summed E-state index contributed by atoms with van der Waals surface area (Å²) in [7, 11) is 0. The Morgan fingerprint density at radius 1 is 0.952 bits per heavy atom. The minimum atomic E-state index is 0.00144. The molecule has 1 N–H and O–H groups in total. The zero-order valence-corrected chi connectivity index (χ0v) is 12.9. The molecule has 3 aliphatic heterocycles. The van der Waals surface area contributed by atoms with E-state index in [1.807, 2.05) is 4.90 Å². The van der Waals surface area contributed by atoms with Crippen LogP contribution >= 0.6 is 0 Å². The number of nitrogens with zero attached hydrogens (tertiary/aromatic N) is 1. The van der Waals surface area contributed by atoms with E-state index in [1.54, 1.807) is 0 Å². The van der Waals surface area contributed by atoms with Crippen LogP contribution in [0.5, 0.6) is 0 Å². The summed E-state index contributed by atoms with van der Waals surface area (Å²) in [5.41, 5.74) is 0. The fraction of sp³-hybridized carbons (Fsp3) is 0.938. The van der Waals surface area contributed by atoms with Gasteiger partial charge >= 0.3 is 0 Å². The van der Waals surface area contributed by atoms with E-state index in [2.05, 4.69) is 5.32 Å². The molecule has 3 aliphatic rings. The molecule has 5 heteroatoms. The van der Waals surface area contributed by atoms with E-state index in [0.29, 0.717) is 0 Å². The van der Waals surface area contributed by atoms with Gasteiger partial charge in [0.2, 0.25) is 5.91 Å². The second-order valence-corrected chi connectivity index (χ2v) is 6.52. The Labute approximate surface area is 127 Å². The normalized spacial score (nSPS) is 33.2. The third-order valence-corrected chi connectivity index (χ3v) is 4.82. The topological polar surface area (TPSA) is 50.8 Å². The monoisotopic (exact) mass is 296 g/mol. The number of ether oxygens (including phenoxy) is 2. The molecule has 0 aromatic rings. The second kappa shape index (κ2) is 7.56. The molecule has 2 unspecified atom stereocenters. The molecule has 3 fully saturated rings. The lowest BCUT2D eigenvalue weighted by Gasteiger charge is -2.32. The molecule has 0 bridgehead atoms. The van der Waals surface area contributed by atoms with Crippen LogP contribution in [0.15, 0.2) is 0 Å². The minimum Gasteiger partial charge on any atom is -0.376 e. The molecule has 3 rings (SSSR count). The number of amides is 1. The largest absolute Gasteiger partial charge is 0.376 e. The van der Waals surface area contributed by atoms with Crippen molar-refractivity contribution in [3.63, 3.8) is 0 Å². The van der Waals surface area contributed by atoms with Crippen LogP contribution in [-0.2, 0) is 14.3 Å². The third-order valence-electron chi connectivity index (χ3n) is 4.82. The summed E-state index contributed by atoms with van der Waals surface area (Å²) in [4.78, 5) is 14.8. The van der Waals surface area contributed by atoms with Gasteiger partial charge in [-0.3, -0.25) is 4.79 Å². The zero-order chi connectivity index (χ0) is 14.5. The summed E-state index contributed by atoms with van der Waals surface area (Å²) in [5.74, 6) is 0.251. The fourth-order valence-corrected chi connectivity index (χ4v) is 3.61. The number of hydrogen-bond acceptors (Lipinski definition) is 4. The molecule has 0 aromatic carbocycles. The maximum absolute atomic E-state index is 12.8. The maximum atomic E-state index is 12.8. The van der Waals surface area contributed by atoms with Crippen molar-refractivity contribution in [2.24, 2.45) is 0 Å². The van der Waals surface area contributed by atoms with E-state index >= 15 is 0 Å². The van der Waals surface area contributed by atoms with Gasteiger partial charge in [0.05, 0.1) is 18.2 Å². The molecule has 0 spiro atoms. The second-order valence-electron chi connectivity index (χ2n) is 6.52. The smallest absolute Gasteiger partial charge is 0.239 e. The number of piperidine rings is 1. The Kier molecular flexibility index (Phi) is 5.49. The average molecular weight is 296 g/mol. The average Bonchev–Trinajstić information content (AvgIpc) is 3.20. The van der Waals surface area contributed by atoms with E-state index in [1.165, 1.54) is 6.42 Å². The first-order chi connectivity index (χ1) is 10.3. The highest BCUT2D eigenvalue weighted by Gasteiger charge is 2.31. The number of rotatable bonds is 5. The fourth-order valence-electron chi connectivity index (χ4n) is 3.61. The third kappa shape index (κ3) is 4.18. The van der Waals surface area contributed by atoms with E-state index in [-0.39, 0.29) is 24.2 Å².